The molecule has 5 nitrogen and oxygen atoms in total. The van der Waals surface area contributed by atoms with E-state index in [0.717, 1.165) is 11.3 Å². The lowest BCUT2D eigenvalue weighted by Gasteiger charge is -2.10. The molecule has 0 aliphatic rings. The van der Waals surface area contributed by atoms with Crippen LogP contribution < -0.4 is 11.1 Å². The smallest absolute Gasteiger partial charge is 0.243 e. The third kappa shape index (κ3) is 4.77. The van der Waals surface area contributed by atoms with Gasteiger partial charge in [0.2, 0.25) is 5.91 Å². The van der Waals surface area contributed by atoms with Gasteiger partial charge in [0.1, 0.15) is 0 Å². The maximum Gasteiger partial charge on any atom is 0.243 e. The Kier molecular flexibility index (Phi) is 6.27. The zero-order valence-corrected chi connectivity index (χ0v) is 13.0. The Balaban J connectivity index is 1.87. The highest BCUT2D eigenvalue weighted by molar-refractivity contribution is 7.14. The molecule has 0 spiro atoms. The molecule has 0 saturated heterocycles. The number of carbonyl (C=O) groups excluding carboxylic acids is 1. The Morgan fingerprint density at radius 1 is 1.45 bits per heavy atom. The number of thiazole rings is 1. The SMILES string of the molecule is C=CCOCC[C@H](N)C(=O)Nc1nc(-c2ccccc2)cs1. The monoisotopic (exact) mass is 317 g/mol. The third-order valence-electron chi connectivity index (χ3n) is 2.95. The van der Waals surface area contributed by atoms with Crippen LogP contribution in [0.4, 0.5) is 5.13 Å². The quantitative estimate of drug-likeness (QED) is 0.579. The van der Waals surface area contributed by atoms with Crippen LogP contribution in [-0.4, -0.2) is 30.1 Å². The highest BCUT2D eigenvalue weighted by Gasteiger charge is 2.15. The number of hydrogen-bond acceptors (Lipinski definition) is 5. The summed E-state index contributed by atoms with van der Waals surface area (Å²) in [6.07, 6.45) is 2.11. The number of rotatable bonds is 8. The van der Waals surface area contributed by atoms with Gasteiger partial charge in [0.05, 0.1) is 18.3 Å². The Morgan fingerprint density at radius 2 is 2.23 bits per heavy atom. The largest absolute Gasteiger partial charge is 0.377 e. The van der Waals surface area contributed by atoms with E-state index in [2.05, 4.69) is 16.9 Å². The van der Waals surface area contributed by atoms with Gasteiger partial charge in [-0.15, -0.1) is 17.9 Å². The molecule has 0 unspecified atom stereocenters. The summed E-state index contributed by atoms with van der Waals surface area (Å²) in [6, 6.07) is 9.19. The van der Waals surface area contributed by atoms with Gasteiger partial charge < -0.3 is 15.8 Å². The normalized spacial score (nSPS) is 11.9. The molecule has 1 heterocycles. The molecule has 6 heteroatoms. The number of hydrogen-bond donors (Lipinski definition) is 2. The summed E-state index contributed by atoms with van der Waals surface area (Å²) in [5, 5.41) is 5.19. The van der Waals surface area contributed by atoms with Crippen molar-refractivity contribution in [1.29, 1.82) is 0 Å². The van der Waals surface area contributed by atoms with Gasteiger partial charge in [0.15, 0.2) is 5.13 Å². The lowest BCUT2D eigenvalue weighted by Crippen LogP contribution is -2.36. The number of carbonyl (C=O) groups is 1. The van der Waals surface area contributed by atoms with Crippen molar-refractivity contribution in [3.8, 4) is 11.3 Å². The van der Waals surface area contributed by atoms with E-state index >= 15 is 0 Å². The van der Waals surface area contributed by atoms with Crippen LogP contribution in [0.3, 0.4) is 0 Å². The Bertz CT molecular complexity index is 613. The van der Waals surface area contributed by atoms with Crippen molar-refractivity contribution in [2.45, 2.75) is 12.5 Å². The number of nitrogens with one attached hydrogen (secondary N) is 1. The number of anilines is 1. The molecule has 2 rings (SSSR count). The summed E-state index contributed by atoms with van der Waals surface area (Å²) < 4.78 is 5.22. The summed E-state index contributed by atoms with van der Waals surface area (Å²) in [4.78, 5) is 16.4. The molecule has 0 saturated carbocycles. The van der Waals surface area contributed by atoms with Crippen LogP contribution in [0.25, 0.3) is 11.3 Å². The molecule has 0 radical (unpaired) electrons. The molecule has 2 aromatic rings. The molecule has 0 aliphatic heterocycles. The van der Waals surface area contributed by atoms with E-state index in [1.165, 1.54) is 11.3 Å². The summed E-state index contributed by atoms with van der Waals surface area (Å²) >= 11 is 1.38. The van der Waals surface area contributed by atoms with Crippen LogP contribution in [0, 0.1) is 0 Å². The highest BCUT2D eigenvalue weighted by atomic mass is 32.1. The second kappa shape index (κ2) is 8.43. The first kappa shape index (κ1) is 16.4. The molecular formula is C16H19N3O2S. The maximum atomic E-state index is 12.0. The van der Waals surface area contributed by atoms with Gasteiger partial charge in [-0.3, -0.25) is 4.79 Å². The number of nitrogens with zero attached hydrogens (tertiary/aromatic N) is 1. The number of aromatic nitrogens is 1. The van der Waals surface area contributed by atoms with E-state index in [1.54, 1.807) is 6.08 Å². The van der Waals surface area contributed by atoms with Gasteiger partial charge in [-0.05, 0) is 6.42 Å². The molecule has 3 N–H and O–H groups in total. The fraction of sp³-hybridized carbons (Fsp3) is 0.250. The fourth-order valence-corrected chi connectivity index (χ4v) is 2.50. The average Bonchev–Trinajstić information content (AvgIpc) is 3.00. The van der Waals surface area contributed by atoms with Gasteiger partial charge in [-0.1, -0.05) is 36.4 Å². The first-order valence-corrected chi connectivity index (χ1v) is 7.84. The summed E-state index contributed by atoms with van der Waals surface area (Å²) in [6.45, 7) is 4.44. The van der Waals surface area contributed by atoms with Crippen LogP contribution >= 0.6 is 11.3 Å². The molecule has 1 aromatic carbocycles. The zero-order valence-electron chi connectivity index (χ0n) is 12.2. The second-order valence-electron chi connectivity index (χ2n) is 4.65. The van der Waals surface area contributed by atoms with Crippen molar-refractivity contribution >= 4 is 22.4 Å². The summed E-state index contributed by atoms with van der Waals surface area (Å²) in [5.74, 6) is -0.254. The molecule has 1 atom stereocenters. The van der Waals surface area contributed by atoms with Crippen LogP contribution in [0.5, 0.6) is 0 Å². The van der Waals surface area contributed by atoms with Crippen molar-refractivity contribution in [3.05, 3.63) is 48.4 Å². The topological polar surface area (TPSA) is 77.2 Å². The number of benzene rings is 1. The summed E-state index contributed by atoms with van der Waals surface area (Å²) in [7, 11) is 0. The van der Waals surface area contributed by atoms with Crippen LogP contribution in [-0.2, 0) is 9.53 Å². The predicted molar refractivity (Wildman–Crippen MR) is 89.8 cm³/mol. The minimum Gasteiger partial charge on any atom is -0.377 e. The lowest BCUT2D eigenvalue weighted by atomic mass is 10.2. The minimum atomic E-state index is -0.617. The van der Waals surface area contributed by atoms with E-state index in [1.807, 2.05) is 35.7 Å². The molecule has 116 valence electrons. The van der Waals surface area contributed by atoms with Gasteiger partial charge in [-0.25, -0.2) is 4.98 Å². The first-order valence-electron chi connectivity index (χ1n) is 6.96. The van der Waals surface area contributed by atoms with E-state index < -0.39 is 6.04 Å². The molecular weight excluding hydrogens is 298 g/mol. The van der Waals surface area contributed by atoms with Crippen LogP contribution in [0.2, 0.25) is 0 Å². The highest BCUT2D eigenvalue weighted by Crippen LogP contribution is 2.24. The molecule has 0 fully saturated rings. The number of ether oxygens (including phenoxy) is 1. The predicted octanol–water partition coefficient (Wildman–Crippen LogP) is 2.67. The second-order valence-corrected chi connectivity index (χ2v) is 5.51. The number of amides is 1. The Morgan fingerprint density at radius 3 is 2.95 bits per heavy atom. The Labute approximate surface area is 133 Å². The van der Waals surface area contributed by atoms with E-state index in [-0.39, 0.29) is 5.91 Å². The van der Waals surface area contributed by atoms with Crippen molar-refractivity contribution in [1.82, 2.24) is 4.98 Å². The van der Waals surface area contributed by atoms with Crippen molar-refractivity contribution in [2.24, 2.45) is 5.73 Å². The zero-order chi connectivity index (χ0) is 15.8. The van der Waals surface area contributed by atoms with Gasteiger partial charge in [-0.2, -0.15) is 0 Å². The first-order chi connectivity index (χ1) is 10.7. The molecule has 22 heavy (non-hydrogen) atoms. The van der Waals surface area contributed by atoms with Gasteiger partial charge >= 0.3 is 0 Å². The van der Waals surface area contributed by atoms with Gasteiger partial charge in [0, 0.05) is 17.6 Å². The van der Waals surface area contributed by atoms with E-state index in [9.17, 15) is 4.79 Å². The minimum absolute atomic E-state index is 0.254. The Hall–Kier alpha value is -2.02. The van der Waals surface area contributed by atoms with Crippen LogP contribution in [0.15, 0.2) is 48.4 Å². The van der Waals surface area contributed by atoms with Gasteiger partial charge in [0.25, 0.3) is 0 Å². The van der Waals surface area contributed by atoms with E-state index in [0.29, 0.717) is 24.8 Å². The maximum absolute atomic E-state index is 12.0. The van der Waals surface area contributed by atoms with Crippen molar-refractivity contribution in [3.63, 3.8) is 0 Å². The van der Waals surface area contributed by atoms with Crippen LogP contribution in [0.1, 0.15) is 6.42 Å². The van der Waals surface area contributed by atoms with Crippen molar-refractivity contribution < 1.29 is 9.53 Å². The molecule has 1 aromatic heterocycles. The number of nitrogens with two attached hydrogens (primary N) is 1. The molecule has 0 aliphatic carbocycles. The summed E-state index contributed by atoms with van der Waals surface area (Å²) in [5.41, 5.74) is 7.68. The third-order valence-corrected chi connectivity index (χ3v) is 3.71. The standard InChI is InChI=1S/C16H19N3O2S/c1-2-9-21-10-8-13(17)15(20)19-16-18-14(11-22-16)12-6-4-3-5-7-12/h2-7,11,13H,1,8-10,17H2,(H,18,19,20)/t13-/m0/s1. The van der Waals surface area contributed by atoms with E-state index in [4.69, 9.17) is 10.5 Å². The lowest BCUT2D eigenvalue weighted by molar-refractivity contribution is -0.117. The van der Waals surface area contributed by atoms with Crippen molar-refractivity contribution in [2.75, 3.05) is 18.5 Å². The average molecular weight is 317 g/mol. The fourth-order valence-electron chi connectivity index (χ4n) is 1.78. The molecule has 1 amide bonds. The molecule has 0 bridgehead atoms.